The first-order chi connectivity index (χ1) is 9.95. The summed E-state index contributed by atoms with van der Waals surface area (Å²) in [5.74, 6) is 0. The van der Waals surface area contributed by atoms with Crippen LogP contribution >= 0.6 is 11.3 Å². The van der Waals surface area contributed by atoms with E-state index >= 15 is 0 Å². The maximum Gasteiger partial charge on any atom is 0.182 e. The van der Waals surface area contributed by atoms with Crippen LogP contribution in [0.25, 0.3) is 0 Å². The zero-order valence-corrected chi connectivity index (χ0v) is 14.0. The quantitative estimate of drug-likeness (QED) is 0.859. The zero-order chi connectivity index (χ0) is 15.0. The molecule has 0 amide bonds. The van der Waals surface area contributed by atoms with Crippen LogP contribution in [0.2, 0.25) is 0 Å². The molecule has 0 radical (unpaired) electrons. The molecule has 0 bridgehead atoms. The van der Waals surface area contributed by atoms with Gasteiger partial charge in [-0.3, -0.25) is 5.41 Å². The number of fused-ring (bicyclic) bond motifs is 1. The standard InChI is InChI=1S/C18H24N2S/c1-18(2,3)14-10-8-13(9-11-14)12-20-15-6-4-5-7-16(15)21-17(20)19/h8-11,19H,4-7,12H2,1-3H3. The second kappa shape index (κ2) is 5.45. The molecule has 112 valence electrons. The minimum Gasteiger partial charge on any atom is -0.317 e. The Hall–Kier alpha value is -1.35. The van der Waals surface area contributed by atoms with E-state index in [0.717, 1.165) is 13.0 Å². The van der Waals surface area contributed by atoms with Crippen LogP contribution in [0.15, 0.2) is 24.3 Å². The lowest BCUT2D eigenvalue weighted by atomic mass is 9.87. The number of aromatic nitrogens is 1. The molecule has 1 aromatic heterocycles. The number of aryl methyl sites for hydroxylation is 1. The Morgan fingerprint density at radius 2 is 1.76 bits per heavy atom. The van der Waals surface area contributed by atoms with Gasteiger partial charge in [0.1, 0.15) is 0 Å². The van der Waals surface area contributed by atoms with Gasteiger partial charge < -0.3 is 4.57 Å². The Kier molecular flexibility index (Phi) is 3.78. The molecule has 2 nitrogen and oxygen atoms in total. The fourth-order valence-corrected chi connectivity index (χ4v) is 4.11. The minimum absolute atomic E-state index is 0.202. The van der Waals surface area contributed by atoms with Crippen LogP contribution in [0.1, 0.15) is 55.3 Å². The van der Waals surface area contributed by atoms with Gasteiger partial charge in [0.05, 0.1) is 6.54 Å². The van der Waals surface area contributed by atoms with Crippen LogP contribution in [0, 0.1) is 5.41 Å². The number of rotatable bonds is 2. The first kappa shape index (κ1) is 14.6. The highest BCUT2D eigenvalue weighted by atomic mass is 32.1. The number of thiazole rings is 1. The predicted octanol–water partition coefficient (Wildman–Crippen LogP) is 4.25. The Bertz CT molecular complexity index is 683. The molecule has 0 spiro atoms. The van der Waals surface area contributed by atoms with E-state index < -0.39 is 0 Å². The van der Waals surface area contributed by atoms with Gasteiger partial charge in [-0.1, -0.05) is 45.0 Å². The van der Waals surface area contributed by atoms with E-state index in [9.17, 15) is 0 Å². The van der Waals surface area contributed by atoms with Crippen molar-refractivity contribution in [1.82, 2.24) is 4.57 Å². The summed E-state index contributed by atoms with van der Waals surface area (Å²) in [6.07, 6.45) is 4.87. The van der Waals surface area contributed by atoms with Crippen LogP contribution in [-0.2, 0) is 24.8 Å². The fourth-order valence-electron chi connectivity index (χ4n) is 3.01. The predicted molar refractivity (Wildman–Crippen MR) is 89.0 cm³/mol. The first-order valence-corrected chi connectivity index (χ1v) is 8.62. The van der Waals surface area contributed by atoms with Crippen molar-refractivity contribution in [2.24, 2.45) is 0 Å². The molecule has 0 atom stereocenters. The molecule has 1 aromatic carbocycles. The van der Waals surface area contributed by atoms with E-state index in [-0.39, 0.29) is 5.41 Å². The van der Waals surface area contributed by atoms with Crippen LogP contribution in [-0.4, -0.2) is 4.57 Å². The highest BCUT2D eigenvalue weighted by Crippen LogP contribution is 2.25. The van der Waals surface area contributed by atoms with Gasteiger partial charge in [-0.25, -0.2) is 0 Å². The summed E-state index contributed by atoms with van der Waals surface area (Å²) in [5.41, 5.74) is 4.28. The summed E-state index contributed by atoms with van der Waals surface area (Å²) in [6.45, 7) is 7.57. The largest absolute Gasteiger partial charge is 0.317 e. The van der Waals surface area contributed by atoms with Gasteiger partial charge in [0.25, 0.3) is 0 Å². The molecule has 21 heavy (non-hydrogen) atoms. The van der Waals surface area contributed by atoms with E-state index in [2.05, 4.69) is 49.6 Å². The van der Waals surface area contributed by atoms with Gasteiger partial charge in [-0.15, -0.1) is 11.3 Å². The lowest BCUT2D eigenvalue weighted by molar-refractivity contribution is 0.589. The molecule has 3 rings (SSSR count). The van der Waals surface area contributed by atoms with Crippen LogP contribution in [0.3, 0.4) is 0 Å². The van der Waals surface area contributed by atoms with Gasteiger partial charge in [0.2, 0.25) is 0 Å². The highest BCUT2D eigenvalue weighted by Gasteiger charge is 2.17. The van der Waals surface area contributed by atoms with Gasteiger partial charge in [0, 0.05) is 10.6 Å². The van der Waals surface area contributed by atoms with Crippen LogP contribution < -0.4 is 4.80 Å². The summed E-state index contributed by atoms with van der Waals surface area (Å²) in [5, 5.41) is 8.24. The van der Waals surface area contributed by atoms with Crippen molar-refractivity contribution in [3.05, 3.63) is 50.8 Å². The molecule has 1 aliphatic carbocycles. The highest BCUT2D eigenvalue weighted by molar-refractivity contribution is 7.09. The summed E-state index contributed by atoms with van der Waals surface area (Å²) in [6, 6.07) is 8.91. The molecule has 1 aliphatic rings. The molecule has 2 aromatic rings. The average Bonchev–Trinajstić information content (AvgIpc) is 2.75. The number of benzene rings is 1. The third-order valence-corrected chi connectivity index (χ3v) is 5.44. The fraction of sp³-hybridized carbons (Fsp3) is 0.500. The van der Waals surface area contributed by atoms with Crippen LogP contribution in [0.4, 0.5) is 0 Å². The average molecular weight is 300 g/mol. The molecular formula is C18H24N2S. The monoisotopic (exact) mass is 300 g/mol. The maximum absolute atomic E-state index is 8.24. The lowest BCUT2D eigenvalue weighted by Gasteiger charge is -2.19. The normalized spacial score (nSPS) is 15.0. The summed E-state index contributed by atoms with van der Waals surface area (Å²) < 4.78 is 2.21. The maximum atomic E-state index is 8.24. The van der Waals surface area contributed by atoms with Gasteiger partial charge >= 0.3 is 0 Å². The van der Waals surface area contributed by atoms with Gasteiger partial charge in [-0.05, 0) is 42.2 Å². The van der Waals surface area contributed by atoms with Crippen LogP contribution in [0.5, 0.6) is 0 Å². The van der Waals surface area contributed by atoms with Crippen molar-refractivity contribution in [2.45, 2.75) is 58.4 Å². The topological polar surface area (TPSA) is 28.8 Å². The first-order valence-electron chi connectivity index (χ1n) is 7.80. The van der Waals surface area contributed by atoms with E-state index in [4.69, 9.17) is 5.41 Å². The molecule has 1 N–H and O–H groups in total. The Balaban J connectivity index is 1.87. The molecule has 0 fully saturated rings. The number of hydrogen-bond acceptors (Lipinski definition) is 2. The van der Waals surface area contributed by atoms with Crippen molar-refractivity contribution < 1.29 is 0 Å². The molecular weight excluding hydrogens is 276 g/mol. The molecule has 0 unspecified atom stereocenters. The number of hydrogen-bond donors (Lipinski definition) is 1. The van der Waals surface area contributed by atoms with Crippen molar-refractivity contribution in [2.75, 3.05) is 0 Å². The molecule has 0 saturated heterocycles. The Morgan fingerprint density at radius 1 is 1.10 bits per heavy atom. The van der Waals surface area contributed by atoms with E-state index in [1.54, 1.807) is 11.3 Å². The Morgan fingerprint density at radius 3 is 2.43 bits per heavy atom. The third kappa shape index (κ3) is 2.98. The molecule has 0 aliphatic heterocycles. The summed E-state index contributed by atoms with van der Waals surface area (Å²) in [4.78, 5) is 2.15. The number of nitrogens with zero attached hydrogens (tertiary/aromatic N) is 1. The van der Waals surface area contributed by atoms with E-state index in [1.165, 1.54) is 41.0 Å². The SMILES string of the molecule is CC(C)(C)c1ccc(Cn2c3c(sc2=N)CCCC3)cc1. The summed E-state index contributed by atoms with van der Waals surface area (Å²) in [7, 11) is 0. The van der Waals surface area contributed by atoms with Crippen molar-refractivity contribution in [1.29, 1.82) is 5.41 Å². The van der Waals surface area contributed by atoms with Gasteiger partial charge in [-0.2, -0.15) is 0 Å². The second-order valence-electron chi connectivity index (χ2n) is 7.02. The summed E-state index contributed by atoms with van der Waals surface area (Å²) >= 11 is 1.67. The molecule has 1 heterocycles. The van der Waals surface area contributed by atoms with Crippen molar-refractivity contribution in [3.8, 4) is 0 Å². The minimum atomic E-state index is 0.202. The smallest absolute Gasteiger partial charge is 0.182 e. The van der Waals surface area contributed by atoms with Gasteiger partial charge in [0.15, 0.2) is 4.80 Å². The number of nitrogens with one attached hydrogen (secondary N) is 1. The zero-order valence-electron chi connectivity index (χ0n) is 13.2. The van der Waals surface area contributed by atoms with Crippen molar-refractivity contribution >= 4 is 11.3 Å². The second-order valence-corrected chi connectivity index (χ2v) is 8.10. The lowest BCUT2D eigenvalue weighted by Crippen LogP contribution is -2.18. The van der Waals surface area contributed by atoms with Crippen molar-refractivity contribution in [3.63, 3.8) is 0 Å². The van der Waals surface area contributed by atoms with E-state index in [0.29, 0.717) is 4.80 Å². The molecule has 0 saturated carbocycles. The van der Waals surface area contributed by atoms with E-state index in [1.807, 2.05) is 0 Å². The third-order valence-electron chi connectivity index (χ3n) is 4.34. The Labute approximate surface area is 131 Å². The molecule has 3 heteroatoms.